The highest BCUT2D eigenvalue weighted by molar-refractivity contribution is 5.75. The Balaban J connectivity index is 2.30. The highest BCUT2D eigenvalue weighted by Gasteiger charge is 2.40. The molecule has 0 amide bonds. The molecule has 1 N–H and O–H groups in total. The van der Waals surface area contributed by atoms with E-state index in [0.717, 1.165) is 28.0 Å². The molecule has 1 aliphatic rings. The van der Waals surface area contributed by atoms with Gasteiger partial charge in [0.15, 0.2) is 0 Å². The Labute approximate surface area is 130 Å². The minimum Gasteiger partial charge on any atom is -0.496 e. The number of methoxy groups -OCH3 is 2. The first-order valence-electron chi connectivity index (χ1n) is 7.31. The van der Waals surface area contributed by atoms with Crippen LogP contribution in [-0.4, -0.2) is 19.3 Å². The van der Waals surface area contributed by atoms with Crippen molar-refractivity contribution in [2.24, 2.45) is 0 Å². The Morgan fingerprint density at radius 3 is 2.32 bits per heavy atom. The molecule has 0 heterocycles. The Bertz CT molecular complexity index is 719. The number of aliphatic hydroxyl groups is 1. The van der Waals surface area contributed by atoms with Gasteiger partial charge in [-0.05, 0) is 24.1 Å². The first kappa shape index (κ1) is 14.7. The zero-order chi connectivity index (χ0) is 15.7. The SMILES string of the molecule is COC1=C(C)CC(O)(c2ccccc2)c2cccc(OC)c21. The van der Waals surface area contributed by atoms with Crippen molar-refractivity contribution in [3.8, 4) is 5.75 Å². The van der Waals surface area contributed by atoms with Gasteiger partial charge < -0.3 is 14.6 Å². The van der Waals surface area contributed by atoms with Crippen LogP contribution in [0.3, 0.4) is 0 Å². The second-order valence-corrected chi connectivity index (χ2v) is 5.60. The standard InChI is InChI=1S/C19H20O3/c1-13-12-19(20,14-8-5-4-6-9-14)15-10-7-11-16(21-2)17(15)18(13)22-3/h4-11,20H,12H2,1-3H3. The van der Waals surface area contributed by atoms with Crippen molar-refractivity contribution in [1.82, 2.24) is 0 Å². The summed E-state index contributed by atoms with van der Waals surface area (Å²) >= 11 is 0. The summed E-state index contributed by atoms with van der Waals surface area (Å²) in [5.74, 6) is 1.50. The lowest BCUT2D eigenvalue weighted by Gasteiger charge is -2.36. The molecule has 3 nitrogen and oxygen atoms in total. The van der Waals surface area contributed by atoms with Crippen molar-refractivity contribution >= 4 is 5.76 Å². The van der Waals surface area contributed by atoms with Crippen LogP contribution in [0, 0.1) is 0 Å². The van der Waals surface area contributed by atoms with Crippen molar-refractivity contribution in [2.45, 2.75) is 18.9 Å². The van der Waals surface area contributed by atoms with Gasteiger partial charge in [0.05, 0.1) is 19.8 Å². The van der Waals surface area contributed by atoms with Crippen molar-refractivity contribution in [3.63, 3.8) is 0 Å². The first-order valence-corrected chi connectivity index (χ1v) is 7.31. The highest BCUT2D eigenvalue weighted by atomic mass is 16.5. The summed E-state index contributed by atoms with van der Waals surface area (Å²) in [5.41, 5.74) is 2.46. The van der Waals surface area contributed by atoms with E-state index in [9.17, 15) is 5.11 Å². The van der Waals surface area contributed by atoms with Crippen molar-refractivity contribution in [1.29, 1.82) is 0 Å². The summed E-state index contributed by atoms with van der Waals surface area (Å²) < 4.78 is 11.1. The minimum absolute atomic E-state index is 0.500. The predicted octanol–water partition coefficient (Wildman–Crippen LogP) is 3.71. The fraction of sp³-hybridized carbons (Fsp3) is 0.263. The van der Waals surface area contributed by atoms with Gasteiger partial charge in [-0.3, -0.25) is 0 Å². The minimum atomic E-state index is -1.07. The predicted molar refractivity (Wildman–Crippen MR) is 86.7 cm³/mol. The maximum Gasteiger partial charge on any atom is 0.130 e. The van der Waals surface area contributed by atoms with Gasteiger partial charge in [0.1, 0.15) is 17.1 Å². The molecule has 2 aromatic carbocycles. The van der Waals surface area contributed by atoms with Gasteiger partial charge in [0, 0.05) is 12.0 Å². The Morgan fingerprint density at radius 2 is 1.68 bits per heavy atom. The fourth-order valence-corrected chi connectivity index (χ4v) is 3.30. The molecule has 0 saturated heterocycles. The lowest BCUT2D eigenvalue weighted by molar-refractivity contribution is 0.0769. The summed E-state index contributed by atoms with van der Waals surface area (Å²) in [4.78, 5) is 0. The van der Waals surface area contributed by atoms with E-state index in [1.807, 2.05) is 55.5 Å². The average molecular weight is 296 g/mol. The van der Waals surface area contributed by atoms with E-state index >= 15 is 0 Å². The van der Waals surface area contributed by atoms with Crippen LogP contribution in [0.2, 0.25) is 0 Å². The topological polar surface area (TPSA) is 38.7 Å². The summed E-state index contributed by atoms with van der Waals surface area (Å²) in [6, 6.07) is 15.5. The van der Waals surface area contributed by atoms with Crippen LogP contribution in [0.15, 0.2) is 54.1 Å². The van der Waals surface area contributed by atoms with Crippen LogP contribution in [-0.2, 0) is 10.3 Å². The number of benzene rings is 2. The molecule has 0 fully saturated rings. The van der Waals surface area contributed by atoms with Gasteiger partial charge >= 0.3 is 0 Å². The van der Waals surface area contributed by atoms with E-state index < -0.39 is 5.60 Å². The number of hydrogen-bond acceptors (Lipinski definition) is 3. The smallest absolute Gasteiger partial charge is 0.130 e. The van der Waals surface area contributed by atoms with E-state index in [4.69, 9.17) is 9.47 Å². The molecule has 3 rings (SSSR count). The van der Waals surface area contributed by atoms with Gasteiger partial charge in [0.2, 0.25) is 0 Å². The maximum absolute atomic E-state index is 11.5. The Hall–Kier alpha value is -2.26. The Kier molecular flexibility index (Phi) is 3.67. The summed E-state index contributed by atoms with van der Waals surface area (Å²) in [6.07, 6.45) is 0.500. The molecule has 22 heavy (non-hydrogen) atoms. The molecule has 1 atom stereocenters. The second-order valence-electron chi connectivity index (χ2n) is 5.60. The van der Waals surface area contributed by atoms with Crippen LogP contribution in [0.5, 0.6) is 5.75 Å². The zero-order valence-corrected chi connectivity index (χ0v) is 13.1. The van der Waals surface area contributed by atoms with E-state index in [1.165, 1.54) is 0 Å². The molecule has 0 bridgehead atoms. The van der Waals surface area contributed by atoms with E-state index in [0.29, 0.717) is 12.2 Å². The molecule has 0 saturated carbocycles. The molecular weight excluding hydrogens is 276 g/mol. The molecule has 0 radical (unpaired) electrons. The van der Waals surface area contributed by atoms with Crippen LogP contribution >= 0.6 is 0 Å². The quantitative estimate of drug-likeness (QED) is 0.938. The summed E-state index contributed by atoms with van der Waals surface area (Å²) in [5, 5.41) is 11.5. The van der Waals surface area contributed by atoms with Crippen LogP contribution < -0.4 is 4.74 Å². The number of fused-ring (bicyclic) bond motifs is 1. The largest absolute Gasteiger partial charge is 0.496 e. The van der Waals surface area contributed by atoms with Crippen molar-refractivity contribution in [3.05, 3.63) is 70.8 Å². The van der Waals surface area contributed by atoms with Crippen LogP contribution in [0.1, 0.15) is 30.0 Å². The van der Waals surface area contributed by atoms with Gasteiger partial charge in [-0.25, -0.2) is 0 Å². The van der Waals surface area contributed by atoms with Crippen molar-refractivity contribution in [2.75, 3.05) is 14.2 Å². The van der Waals surface area contributed by atoms with E-state index in [-0.39, 0.29) is 0 Å². The lowest BCUT2D eigenvalue weighted by atomic mass is 9.74. The third-order valence-electron chi connectivity index (χ3n) is 4.28. The molecule has 0 aliphatic heterocycles. The van der Waals surface area contributed by atoms with Crippen molar-refractivity contribution < 1.29 is 14.6 Å². The number of hydrogen-bond donors (Lipinski definition) is 1. The third kappa shape index (κ3) is 2.09. The average Bonchev–Trinajstić information content (AvgIpc) is 2.55. The first-order chi connectivity index (χ1) is 10.6. The fourth-order valence-electron chi connectivity index (χ4n) is 3.30. The van der Waals surface area contributed by atoms with Gasteiger partial charge in [0.25, 0.3) is 0 Å². The summed E-state index contributed by atoms with van der Waals surface area (Å²) in [6.45, 7) is 1.99. The highest BCUT2D eigenvalue weighted by Crippen LogP contribution is 2.48. The van der Waals surface area contributed by atoms with E-state index in [2.05, 4.69) is 0 Å². The molecule has 0 spiro atoms. The molecule has 1 unspecified atom stereocenters. The van der Waals surface area contributed by atoms with Gasteiger partial charge in [-0.1, -0.05) is 42.5 Å². The molecule has 1 aliphatic carbocycles. The Morgan fingerprint density at radius 1 is 0.955 bits per heavy atom. The molecule has 114 valence electrons. The molecular formula is C19H20O3. The summed E-state index contributed by atoms with van der Waals surface area (Å²) in [7, 11) is 3.29. The number of rotatable bonds is 3. The van der Waals surface area contributed by atoms with Crippen LogP contribution in [0.4, 0.5) is 0 Å². The van der Waals surface area contributed by atoms with E-state index in [1.54, 1.807) is 14.2 Å². The molecule has 2 aromatic rings. The normalized spacial score (nSPS) is 20.5. The van der Waals surface area contributed by atoms with Crippen LogP contribution in [0.25, 0.3) is 5.76 Å². The monoisotopic (exact) mass is 296 g/mol. The third-order valence-corrected chi connectivity index (χ3v) is 4.28. The van der Waals surface area contributed by atoms with Gasteiger partial charge in [-0.15, -0.1) is 0 Å². The molecule has 0 aromatic heterocycles. The lowest BCUT2D eigenvalue weighted by Crippen LogP contribution is -2.32. The maximum atomic E-state index is 11.5. The zero-order valence-electron chi connectivity index (χ0n) is 13.1. The number of ether oxygens (including phenoxy) is 2. The second kappa shape index (κ2) is 5.50. The van der Waals surface area contributed by atoms with Gasteiger partial charge in [-0.2, -0.15) is 0 Å². The molecule has 3 heteroatoms.